The van der Waals surface area contributed by atoms with Gasteiger partial charge >= 0.3 is 0 Å². The van der Waals surface area contributed by atoms with Gasteiger partial charge in [-0.1, -0.05) is 13.0 Å². The Labute approximate surface area is 174 Å². The predicted octanol–water partition coefficient (Wildman–Crippen LogP) is 3.46. The van der Waals surface area contributed by atoms with E-state index in [9.17, 15) is 10.1 Å². The van der Waals surface area contributed by atoms with Crippen molar-refractivity contribution >= 4 is 16.9 Å². The van der Waals surface area contributed by atoms with Crippen molar-refractivity contribution < 1.29 is 9.18 Å². The number of fused-ring (bicyclic) bond motifs is 1. The molecule has 30 heavy (non-hydrogen) atoms. The standard InChI is InChI=1S/C23H24FN5O/c1-13-7-15(18-3-5-27-23-22(18)16(9-25)11-28-23)8-19(24)21(13)17-4-6-29(12-14(17)2)20(30)10-26/h3,5,7-8,11,14,17H,4,6,10,12,26H2,1-2H3,(H,27,28)/t14-,17?/m1/s1. The average molecular weight is 405 g/mol. The highest BCUT2D eigenvalue weighted by Crippen LogP contribution is 2.39. The summed E-state index contributed by atoms with van der Waals surface area (Å²) in [6, 6.07) is 7.51. The number of nitrogens with one attached hydrogen (secondary N) is 1. The number of nitrogens with two attached hydrogens (primary N) is 1. The van der Waals surface area contributed by atoms with Gasteiger partial charge in [0, 0.05) is 30.9 Å². The van der Waals surface area contributed by atoms with Gasteiger partial charge in [-0.05, 0) is 59.6 Å². The molecular formula is C23H24FN5O. The molecular weight excluding hydrogens is 381 g/mol. The van der Waals surface area contributed by atoms with Crippen molar-refractivity contribution in [2.24, 2.45) is 11.7 Å². The van der Waals surface area contributed by atoms with E-state index < -0.39 is 0 Å². The highest BCUT2D eigenvalue weighted by Gasteiger charge is 2.32. The molecule has 0 spiro atoms. The van der Waals surface area contributed by atoms with Crippen LogP contribution in [0.4, 0.5) is 4.39 Å². The Kier molecular flexibility index (Phi) is 5.27. The molecule has 1 aliphatic rings. The number of aryl methyl sites for hydroxylation is 1. The van der Waals surface area contributed by atoms with Crippen molar-refractivity contribution in [1.82, 2.24) is 14.9 Å². The molecule has 1 aliphatic heterocycles. The molecule has 1 unspecified atom stereocenters. The number of hydrogen-bond acceptors (Lipinski definition) is 4. The number of nitrogens with zero attached hydrogens (tertiary/aromatic N) is 3. The molecule has 3 aromatic rings. The van der Waals surface area contributed by atoms with E-state index in [-0.39, 0.29) is 30.1 Å². The normalized spacial score (nSPS) is 19.1. The number of aromatic nitrogens is 2. The van der Waals surface area contributed by atoms with Gasteiger partial charge in [-0.3, -0.25) is 4.79 Å². The van der Waals surface area contributed by atoms with E-state index in [1.165, 1.54) is 0 Å². The highest BCUT2D eigenvalue weighted by atomic mass is 19.1. The molecule has 0 bridgehead atoms. The maximum Gasteiger partial charge on any atom is 0.236 e. The van der Waals surface area contributed by atoms with Gasteiger partial charge in [-0.25, -0.2) is 9.37 Å². The number of H-pyrrole nitrogens is 1. The van der Waals surface area contributed by atoms with Crippen molar-refractivity contribution in [3.05, 3.63) is 53.1 Å². The number of piperidine rings is 1. The number of halogens is 1. The lowest BCUT2D eigenvalue weighted by Crippen LogP contribution is -2.44. The molecule has 2 atom stereocenters. The number of benzene rings is 1. The Morgan fingerprint density at radius 2 is 2.27 bits per heavy atom. The number of hydrogen-bond donors (Lipinski definition) is 2. The number of rotatable bonds is 3. The second kappa shape index (κ2) is 7.88. The van der Waals surface area contributed by atoms with Gasteiger partial charge < -0.3 is 15.6 Å². The summed E-state index contributed by atoms with van der Waals surface area (Å²) in [5, 5.41) is 10.1. The molecule has 1 aromatic carbocycles. The van der Waals surface area contributed by atoms with Crippen LogP contribution in [0, 0.1) is 30.0 Å². The van der Waals surface area contributed by atoms with Crippen molar-refractivity contribution in [1.29, 1.82) is 5.26 Å². The van der Waals surface area contributed by atoms with Crippen LogP contribution in [0.15, 0.2) is 30.6 Å². The van der Waals surface area contributed by atoms with Crippen LogP contribution in [-0.2, 0) is 4.79 Å². The van der Waals surface area contributed by atoms with Gasteiger partial charge in [0.1, 0.15) is 17.5 Å². The lowest BCUT2D eigenvalue weighted by Gasteiger charge is -2.38. The number of carbonyl (C=O) groups is 1. The lowest BCUT2D eigenvalue weighted by atomic mass is 9.79. The number of likely N-dealkylation sites (tertiary alicyclic amines) is 1. The number of carbonyl (C=O) groups excluding carboxylic acids is 1. The number of pyridine rings is 1. The highest BCUT2D eigenvalue weighted by molar-refractivity contribution is 5.97. The minimum absolute atomic E-state index is 0.00369. The smallest absolute Gasteiger partial charge is 0.236 e. The van der Waals surface area contributed by atoms with Crippen molar-refractivity contribution in [3.8, 4) is 17.2 Å². The monoisotopic (exact) mass is 405 g/mol. The molecule has 1 amide bonds. The molecule has 6 nitrogen and oxygen atoms in total. The summed E-state index contributed by atoms with van der Waals surface area (Å²) in [5.74, 6) is -0.134. The molecule has 1 fully saturated rings. The molecule has 0 radical (unpaired) electrons. The topological polar surface area (TPSA) is 98.8 Å². The van der Waals surface area contributed by atoms with Crippen LogP contribution in [0.2, 0.25) is 0 Å². The maximum absolute atomic E-state index is 15.4. The largest absolute Gasteiger partial charge is 0.345 e. The zero-order valence-electron chi connectivity index (χ0n) is 17.1. The first-order valence-electron chi connectivity index (χ1n) is 10.1. The van der Waals surface area contributed by atoms with Crippen LogP contribution in [0.1, 0.15) is 36.0 Å². The SMILES string of the molecule is Cc1cc(-c2ccnc3[nH]cc(C#N)c23)cc(F)c1C1CCN(C(=O)CN)C[C@H]1C. The first-order chi connectivity index (χ1) is 14.4. The van der Waals surface area contributed by atoms with Gasteiger partial charge in [0.05, 0.1) is 12.1 Å². The second-order valence-corrected chi connectivity index (χ2v) is 8.00. The Morgan fingerprint density at radius 3 is 2.93 bits per heavy atom. The van der Waals surface area contributed by atoms with E-state index in [1.54, 1.807) is 23.4 Å². The maximum atomic E-state index is 15.4. The summed E-state index contributed by atoms with van der Waals surface area (Å²) < 4.78 is 15.4. The fraction of sp³-hybridized carbons (Fsp3) is 0.348. The average Bonchev–Trinajstić information content (AvgIpc) is 3.17. The fourth-order valence-electron chi connectivity index (χ4n) is 4.70. The van der Waals surface area contributed by atoms with Gasteiger partial charge in [-0.2, -0.15) is 5.26 Å². The molecule has 3 heterocycles. The van der Waals surface area contributed by atoms with Crippen LogP contribution in [0.3, 0.4) is 0 Å². The van der Waals surface area contributed by atoms with Crippen LogP contribution >= 0.6 is 0 Å². The molecule has 7 heteroatoms. The number of aromatic amines is 1. The van der Waals surface area contributed by atoms with Crippen LogP contribution in [0.5, 0.6) is 0 Å². The second-order valence-electron chi connectivity index (χ2n) is 8.00. The number of nitriles is 1. The van der Waals surface area contributed by atoms with Gasteiger partial charge in [0.25, 0.3) is 0 Å². The predicted molar refractivity (Wildman–Crippen MR) is 113 cm³/mol. The molecule has 4 rings (SSSR count). The van der Waals surface area contributed by atoms with E-state index in [2.05, 4.69) is 23.0 Å². The quantitative estimate of drug-likeness (QED) is 0.697. The van der Waals surface area contributed by atoms with Crippen molar-refractivity contribution in [2.75, 3.05) is 19.6 Å². The fourth-order valence-corrected chi connectivity index (χ4v) is 4.70. The van der Waals surface area contributed by atoms with E-state index in [4.69, 9.17) is 5.73 Å². The first-order valence-corrected chi connectivity index (χ1v) is 10.1. The molecule has 0 saturated carbocycles. The zero-order valence-corrected chi connectivity index (χ0v) is 17.1. The molecule has 3 N–H and O–H groups in total. The summed E-state index contributed by atoms with van der Waals surface area (Å²) in [6.07, 6.45) is 3.99. The summed E-state index contributed by atoms with van der Waals surface area (Å²) in [6.45, 7) is 5.15. The summed E-state index contributed by atoms with van der Waals surface area (Å²) in [5.41, 5.74) is 9.68. The minimum atomic E-state index is -0.251. The first kappa shape index (κ1) is 20.0. The van der Waals surface area contributed by atoms with Crippen LogP contribution in [-0.4, -0.2) is 40.4 Å². The lowest BCUT2D eigenvalue weighted by molar-refractivity contribution is -0.131. The van der Waals surface area contributed by atoms with E-state index >= 15 is 4.39 Å². The van der Waals surface area contributed by atoms with Crippen LogP contribution < -0.4 is 5.73 Å². The zero-order chi connectivity index (χ0) is 21.4. The Balaban J connectivity index is 1.72. The van der Waals surface area contributed by atoms with Crippen LogP contribution in [0.25, 0.3) is 22.2 Å². The minimum Gasteiger partial charge on any atom is -0.345 e. The Bertz CT molecular complexity index is 1140. The summed E-state index contributed by atoms with van der Waals surface area (Å²) in [7, 11) is 0. The Hall–Kier alpha value is -3.24. The van der Waals surface area contributed by atoms with E-state index in [0.717, 1.165) is 16.7 Å². The number of amides is 1. The molecule has 2 aromatic heterocycles. The third kappa shape index (κ3) is 3.33. The third-order valence-corrected chi connectivity index (χ3v) is 6.14. The van der Waals surface area contributed by atoms with Gasteiger partial charge in [0.2, 0.25) is 5.91 Å². The summed E-state index contributed by atoms with van der Waals surface area (Å²) >= 11 is 0. The van der Waals surface area contributed by atoms with E-state index in [0.29, 0.717) is 41.7 Å². The van der Waals surface area contributed by atoms with Gasteiger partial charge in [0.15, 0.2) is 0 Å². The van der Waals surface area contributed by atoms with Crippen molar-refractivity contribution in [3.63, 3.8) is 0 Å². The molecule has 0 aliphatic carbocycles. The van der Waals surface area contributed by atoms with E-state index in [1.807, 2.05) is 19.1 Å². The summed E-state index contributed by atoms with van der Waals surface area (Å²) in [4.78, 5) is 21.0. The molecule has 154 valence electrons. The Morgan fingerprint density at radius 1 is 1.47 bits per heavy atom. The van der Waals surface area contributed by atoms with Gasteiger partial charge in [-0.15, -0.1) is 0 Å². The molecule has 1 saturated heterocycles. The van der Waals surface area contributed by atoms with Crippen molar-refractivity contribution in [2.45, 2.75) is 26.2 Å². The third-order valence-electron chi connectivity index (χ3n) is 6.14.